The Labute approximate surface area is 221 Å². The number of hydrogen-bond donors (Lipinski definition) is 1. The Kier molecular flexibility index (Phi) is 7.15. The van der Waals surface area contributed by atoms with Gasteiger partial charge in [0.05, 0.1) is 31.5 Å². The summed E-state index contributed by atoms with van der Waals surface area (Å²) in [4.78, 5) is 34.4. The molecule has 0 bridgehead atoms. The molecule has 8 nitrogen and oxygen atoms in total. The summed E-state index contributed by atoms with van der Waals surface area (Å²) < 4.78 is 11.2. The van der Waals surface area contributed by atoms with E-state index in [0.717, 1.165) is 30.4 Å². The van der Waals surface area contributed by atoms with Crippen molar-refractivity contribution in [3.05, 3.63) is 99.1 Å². The van der Waals surface area contributed by atoms with Crippen molar-refractivity contribution in [2.24, 2.45) is 0 Å². The van der Waals surface area contributed by atoms with Gasteiger partial charge in [0.15, 0.2) is 5.76 Å². The lowest BCUT2D eigenvalue weighted by Crippen LogP contribution is -2.30. The molecule has 2 aromatic carbocycles. The fourth-order valence-electron chi connectivity index (χ4n) is 5.11. The van der Waals surface area contributed by atoms with E-state index in [1.54, 1.807) is 0 Å². The van der Waals surface area contributed by atoms with E-state index >= 15 is 0 Å². The number of hydrogen-bond acceptors (Lipinski definition) is 8. The summed E-state index contributed by atoms with van der Waals surface area (Å²) in [6.07, 6.45) is 0.777. The van der Waals surface area contributed by atoms with Crippen molar-refractivity contribution in [1.29, 1.82) is 0 Å². The summed E-state index contributed by atoms with van der Waals surface area (Å²) in [6.45, 7) is 1.96. The smallest absolute Gasteiger partial charge is 0.306 e. The molecule has 0 spiro atoms. The number of methoxy groups -OCH3 is 1. The molecule has 0 saturated heterocycles. The van der Waals surface area contributed by atoms with Crippen LogP contribution in [0.5, 0.6) is 5.75 Å². The number of aromatic hydroxyl groups is 1. The highest BCUT2D eigenvalue weighted by Gasteiger charge is 2.30. The number of ether oxygens (including phenoxy) is 1. The molecule has 1 atom stereocenters. The highest BCUT2D eigenvalue weighted by Crippen LogP contribution is 2.39. The maximum atomic E-state index is 13.0. The number of carbonyl (C=O) groups is 1. The Morgan fingerprint density at radius 1 is 1.13 bits per heavy atom. The largest absolute Gasteiger partial charge is 0.502 e. The normalized spacial score (nSPS) is 14.2. The molecule has 1 N–H and O–H groups in total. The van der Waals surface area contributed by atoms with Gasteiger partial charge in [-0.15, -0.1) is 0 Å². The molecular formula is C30H31N3O5. The second-order valence-electron chi connectivity index (χ2n) is 9.84. The van der Waals surface area contributed by atoms with E-state index in [0.29, 0.717) is 23.7 Å². The van der Waals surface area contributed by atoms with Gasteiger partial charge in [0.1, 0.15) is 11.6 Å². The van der Waals surface area contributed by atoms with Crippen LogP contribution in [-0.2, 0) is 29.0 Å². The summed E-state index contributed by atoms with van der Waals surface area (Å²) in [5.74, 6) is -0.713. The Hall–Kier alpha value is -4.17. The topological polar surface area (TPSA) is 96.1 Å². The Bertz CT molecular complexity index is 1540. The zero-order valence-corrected chi connectivity index (χ0v) is 21.8. The van der Waals surface area contributed by atoms with Gasteiger partial charge in [0.2, 0.25) is 11.2 Å². The summed E-state index contributed by atoms with van der Waals surface area (Å²) >= 11 is 0. The number of nitrogens with zero attached hydrogens (tertiary/aromatic N) is 3. The van der Waals surface area contributed by atoms with Crippen molar-refractivity contribution in [3.8, 4) is 5.75 Å². The summed E-state index contributed by atoms with van der Waals surface area (Å²) in [6, 6.07) is 19.3. The number of pyridine rings is 1. The summed E-state index contributed by atoms with van der Waals surface area (Å²) in [5, 5.41) is 11.8. The maximum absolute atomic E-state index is 13.0. The second-order valence-corrected chi connectivity index (χ2v) is 9.84. The first-order valence-electron chi connectivity index (χ1n) is 12.6. The number of aromatic nitrogens is 1. The van der Waals surface area contributed by atoms with Crippen LogP contribution in [-0.4, -0.2) is 48.7 Å². The van der Waals surface area contributed by atoms with Crippen LogP contribution in [0, 0.1) is 0 Å². The summed E-state index contributed by atoms with van der Waals surface area (Å²) in [5.41, 5.74) is 3.48. The van der Waals surface area contributed by atoms with Gasteiger partial charge in [-0.2, -0.15) is 0 Å². The number of benzene rings is 2. The summed E-state index contributed by atoms with van der Waals surface area (Å²) in [7, 11) is 5.03. The van der Waals surface area contributed by atoms with E-state index in [9.17, 15) is 14.7 Å². The van der Waals surface area contributed by atoms with Crippen molar-refractivity contribution in [3.63, 3.8) is 0 Å². The van der Waals surface area contributed by atoms with Crippen LogP contribution in [0.3, 0.4) is 0 Å². The molecule has 38 heavy (non-hydrogen) atoms. The van der Waals surface area contributed by atoms with Gasteiger partial charge in [0.25, 0.3) is 0 Å². The number of esters is 1. The molecule has 4 aromatic rings. The van der Waals surface area contributed by atoms with Gasteiger partial charge in [-0.1, -0.05) is 42.5 Å². The lowest BCUT2D eigenvalue weighted by atomic mass is 9.91. The first kappa shape index (κ1) is 25.5. The van der Waals surface area contributed by atoms with Crippen molar-refractivity contribution in [2.75, 3.05) is 32.6 Å². The third kappa shape index (κ3) is 5.13. The molecule has 1 aliphatic rings. The van der Waals surface area contributed by atoms with E-state index in [1.807, 2.05) is 61.5 Å². The monoisotopic (exact) mass is 513 g/mol. The van der Waals surface area contributed by atoms with Crippen LogP contribution in [0.15, 0.2) is 69.9 Å². The molecule has 0 saturated carbocycles. The minimum Gasteiger partial charge on any atom is -0.502 e. The molecule has 1 aliphatic heterocycles. The van der Waals surface area contributed by atoms with Crippen LogP contribution < -0.4 is 10.3 Å². The van der Waals surface area contributed by atoms with Gasteiger partial charge in [0, 0.05) is 44.2 Å². The quantitative estimate of drug-likeness (QED) is 0.367. The van der Waals surface area contributed by atoms with Crippen LogP contribution in [0.25, 0.3) is 10.9 Å². The Morgan fingerprint density at radius 3 is 2.63 bits per heavy atom. The predicted molar refractivity (Wildman–Crippen MR) is 145 cm³/mol. The molecule has 0 amide bonds. The zero-order valence-electron chi connectivity index (χ0n) is 21.8. The van der Waals surface area contributed by atoms with Gasteiger partial charge in [-0.3, -0.25) is 14.5 Å². The van der Waals surface area contributed by atoms with Gasteiger partial charge >= 0.3 is 5.97 Å². The molecule has 5 rings (SSSR count). The molecular weight excluding hydrogens is 482 g/mol. The Balaban J connectivity index is 1.58. The van der Waals surface area contributed by atoms with Crippen LogP contribution in [0.4, 0.5) is 5.82 Å². The van der Waals surface area contributed by atoms with Crippen molar-refractivity contribution in [1.82, 2.24) is 9.88 Å². The van der Waals surface area contributed by atoms with Crippen LogP contribution in [0.1, 0.15) is 40.5 Å². The average molecular weight is 514 g/mol. The SMILES string of the molecule is COC(=O)CC(c1cc2ccccc2nc1N(C)C)c1oc(CN2CCc3ccccc3C2)cc(=O)c1O. The van der Waals surface area contributed by atoms with E-state index < -0.39 is 23.1 Å². The fraction of sp³-hybridized carbons (Fsp3) is 0.300. The van der Waals surface area contributed by atoms with Gasteiger partial charge < -0.3 is 19.2 Å². The van der Waals surface area contributed by atoms with Crippen molar-refractivity contribution >= 4 is 22.7 Å². The highest BCUT2D eigenvalue weighted by molar-refractivity contribution is 5.83. The molecule has 1 unspecified atom stereocenters. The number of rotatable bonds is 7. The average Bonchev–Trinajstić information content (AvgIpc) is 2.92. The van der Waals surface area contributed by atoms with Crippen molar-refractivity contribution in [2.45, 2.75) is 31.8 Å². The number of para-hydroxylation sites is 1. The van der Waals surface area contributed by atoms with E-state index in [2.05, 4.69) is 17.0 Å². The molecule has 0 fully saturated rings. The van der Waals surface area contributed by atoms with Gasteiger partial charge in [-0.25, -0.2) is 4.98 Å². The highest BCUT2D eigenvalue weighted by atomic mass is 16.5. The van der Waals surface area contributed by atoms with Gasteiger partial charge in [-0.05, 0) is 29.7 Å². The first-order valence-corrected chi connectivity index (χ1v) is 12.6. The molecule has 2 aromatic heterocycles. The predicted octanol–water partition coefficient (Wildman–Crippen LogP) is 4.21. The zero-order chi connectivity index (χ0) is 26.8. The third-order valence-corrected chi connectivity index (χ3v) is 7.04. The van der Waals surface area contributed by atoms with E-state index in [4.69, 9.17) is 14.1 Å². The molecule has 196 valence electrons. The van der Waals surface area contributed by atoms with E-state index in [1.165, 1.54) is 24.3 Å². The third-order valence-electron chi connectivity index (χ3n) is 7.04. The fourth-order valence-corrected chi connectivity index (χ4v) is 5.11. The lowest BCUT2D eigenvalue weighted by molar-refractivity contribution is -0.140. The molecule has 0 radical (unpaired) electrons. The minimum atomic E-state index is -0.785. The van der Waals surface area contributed by atoms with Crippen LogP contribution in [0.2, 0.25) is 0 Å². The number of anilines is 1. The molecule has 3 heterocycles. The maximum Gasteiger partial charge on any atom is 0.306 e. The first-order chi connectivity index (χ1) is 18.3. The standard InChI is InChI=1S/C30H31N3O5/c1-32(2)30-24(14-20-9-6-7-11-25(20)31-30)23(16-27(35)37-3)29-28(36)26(34)15-22(38-29)18-33-13-12-19-8-4-5-10-21(19)17-33/h4-11,14-15,23,36H,12-13,16-18H2,1-3H3. The van der Waals surface area contributed by atoms with E-state index in [-0.39, 0.29) is 12.2 Å². The van der Waals surface area contributed by atoms with Crippen molar-refractivity contribution < 1.29 is 19.1 Å². The lowest BCUT2D eigenvalue weighted by Gasteiger charge is -2.28. The number of carbonyl (C=O) groups excluding carboxylic acids is 1. The second kappa shape index (κ2) is 10.7. The molecule has 0 aliphatic carbocycles. The minimum absolute atomic E-state index is 0.0375. The van der Waals surface area contributed by atoms with Crippen LogP contribution >= 0.6 is 0 Å². The number of fused-ring (bicyclic) bond motifs is 2. The molecule has 8 heteroatoms. The Morgan fingerprint density at radius 2 is 1.87 bits per heavy atom.